The van der Waals surface area contributed by atoms with Gasteiger partial charge in [-0.05, 0) is 53.1 Å². The van der Waals surface area contributed by atoms with Crippen LogP contribution in [0.2, 0.25) is 0 Å². The first-order valence-electron chi connectivity index (χ1n) is 10.7. The lowest BCUT2D eigenvalue weighted by Gasteiger charge is -2.18. The summed E-state index contributed by atoms with van der Waals surface area (Å²) >= 11 is 0. The Balaban J connectivity index is 1.93. The fraction of sp³-hybridized carbons (Fsp3) is 0.259. The summed E-state index contributed by atoms with van der Waals surface area (Å²) in [5.74, 6) is 0. The number of nitrogens with zero attached hydrogens (tertiary/aromatic N) is 3. The van der Waals surface area contributed by atoms with Gasteiger partial charge in [-0.15, -0.1) is 0 Å². The van der Waals surface area contributed by atoms with Gasteiger partial charge >= 0.3 is 0 Å². The lowest BCUT2D eigenvalue weighted by Crippen LogP contribution is -2.30. The Hall–Kier alpha value is -3.20. The molecule has 0 fully saturated rings. The standard InChI is InChI=1S/C27H26N3/c1-16-9-11-19-18-12-10-17(14-27(2,3)4)13-22(18)30-21-8-6-7-20-24(21)26(23(16)25(19)30)29(5)15-28-20/h6-13,15H,14H2,1-5H3/q+1. The summed E-state index contributed by atoms with van der Waals surface area (Å²) in [6, 6.07) is 18.1. The third kappa shape index (κ3) is 2.26. The van der Waals surface area contributed by atoms with Crippen LogP contribution in [0.15, 0.2) is 54.9 Å². The van der Waals surface area contributed by atoms with E-state index in [1.807, 2.05) is 6.33 Å². The van der Waals surface area contributed by atoms with E-state index in [0.717, 1.165) is 11.9 Å². The lowest BCUT2D eigenvalue weighted by atomic mass is 9.88. The monoisotopic (exact) mass is 392 g/mol. The predicted octanol–water partition coefficient (Wildman–Crippen LogP) is 6.11. The third-order valence-electron chi connectivity index (χ3n) is 6.40. The average Bonchev–Trinajstić information content (AvgIpc) is 3.01. The maximum atomic E-state index is 4.73. The highest BCUT2D eigenvalue weighted by atomic mass is 15.0. The van der Waals surface area contributed by atoms with E-state index in [2.05, 4.69) is 92.2 Å². The van der Waals surface area contributed by atoms with Crippen molar-refractivity contribution >= 4 is 49.1 Å². The van der Waals surface area contributed by atoms with Gasteiger partial charge in [-0.3, -0.25) is 0 Å². The Morgan fingerprint density at radius 1 is 0.933 bits per heavy atom. The van der Waals surface area contributed by atoms with Crippen LogP contribution in [0.3, 0.4) is 0 Å². The number of pyridine rings is 1. The molecule has 0 unspecified atom stereocenters. The van der Waals surface area contributed by atoms with Gasteiger partial charge in [0, 0.05) is 16.2 Å². The highest BCUT2D eigenvalue weighted by Gasteiger charge is 2.23. The second-order valence-electron chi connectivity index (χ2n) is 9.95. The molecule has 148 valence electrons. The summed E-state index contributed by atoms with van der Waals surface area (Å²) in [7, 11) is 2.11. The summed E-state index contributed by atoms with van der Waals surface area (Å²) in [6.07, 6.45) is 3.01. The Labute approximate surface area is 175 Å². The predicted molar refractivity (Wildman–Crippen MR) is 125 cm³/mol. The molecule has 0 spiro atoms. The Bertz CT molecular complexity index is 1610. The molecule has 3 heterocycles. The molecular weight excluding hydrogens is 366 g/mol. The van der Waals surface area contributed by atoms with Gasteiger partial charge in [0.25, 0.3) is 6.33 Å². The van der Waals surface area contributed by atoms with Crippen molar-refractivity contribution in [2.45, 2.75) is 34.1 Å². The minimum Gasteiger partial charge on any atom is -0.308 e. The van der Waals surface area contributed by atoms with E-state index in [-0.39, 0.29) is 5.41 Å². The third-order valence-corrected chi connectivity index (χ3v) is 6.40. The summed E-state index contributed by atoms with van der Waals surface area (Å²) in [6.45, 7) is 9.14. The molecule has 30 heavy (non-hydrogen) atoms. The van der Waals surface area contributed by atoms with Gasteiger partial charge in [0.2, 0.25) is 0 Å². The fourth-order valence-electron chi connectivity index (χ4n) is 5.27. The summed E-state index contributed by atoms with van der Waals surface area (Å²) in [5.41, 5.74) is 9.12. The van der Waals surface area contributed by atoms with Crippen LogP contribution < -0.4 is 4.57 Å². The molecule has 6 rings (SSSR count). The zero-order valence-corrected chi connectivity index (χ0v) is 18.2. The summed E-state index contributed by atoms with van der Waals surface area (Å²) in [5, 5.41) is 5.22. The van der Waals surface area contributed by atoms with Gasteiger partial charge in [-0.2, -0.15) is 0 Å². The number of aromatic nitrogens is 3. The number of hydrogen-bond donors (Lipinski definition) is 0. The number of aryl methyl sites for hydroxylation is 2. The second-order valence-corrected chi connectivity index (χ2v) is 9.95. The number of hydrogen-bond acceptors (Lipinski definition) is 1. The van der Waals surface area contributed by atoms with Crippen molar-refractivity contribution in [2.75, 3.05) is 0 Å². The van der Waals surface area contributed by atoms with E-state index >= 15 is 0 Å². The lowest BCUT2D eigenvalue weighted by molar-refractivity contribution is -0.646. The van der Waals surface area contributed by atoms with E-state index in [4.69, 9.17) is 4.98 Å². The van der Waals surface area contributed by atoms with Crippen LogP contribution in [0.1, 0.15) is 31.9 Å². The first-order valence-corrected chi connectivity index (χ1v) is 10.7. The minimum atomic E-state index is 0.258. The van der Waals surface area contributed by atoms with Crippen molar-refractivity contribution in [3.63, 3.8) is 0 Å². The summed E-state index contributed by atoms with van der Waals surface area (Å²) in [4.78, 5) is 4.73. The molecule has 0 amide bonds. The van der Waals surface area contributed by atoms with E-state index in [1.165, 1.54) is 54.7 Å². The largest absolute Gasteiger partial charge is 0.308 e. The van der Waals surface area contributed by atoms with Crippen molar-refractivity contribution in [3.05, 3.63) is 66.0 Å². The molecule has 0 saturated carbocycles. The number of fused-ring (bicyclic) bond motifs is 5. The minimum absolute atomic E-state index is 0.258. The molecule has 0 aliphatic rings. The van der Waals surface area contributed by atoms with Gasteiger partial charge < -0.3 is 4.40 Å². The van der Waals surface area contributed by atoms with Crippen molar-refractivity contribution in [1.82, 2.24) is 9.38 Å². The van der Waals surface area contributed by atoms with Crippen LogP contribution in [0.25, 0.3) is 49.1 Å². The second kappa shape index (κ2) is 5.69. The Morgan fingerprint density at radius 3 is 2.53 bits per heavy atom. The van der Waals surface area contributed by atoms with Crippen LogP contribution in [0.4, 0.5) is 0 Å². The van der Waals surface area contributed by atoms with Crippen LogP contribution in [0.5, 0.6) is 0 Å². The molecule has 0 N–H and O–H groups in total. The van der Waals surface area contributed by atoms with Gasteiger partial charge in [-0.25, -0.2) is 4.57 Å². The van der Waals surface area contributed by atoms with E-state index in [1.54, 1.807) is 0 Å². The highest BCUT2D eigenvalue weighted by Crippen LogP contribution is 2.40. The zero-order valence-electron chi connectivity index (χ0n) is 18.2. The molecule has 0 aliphatic carbocycles. The SMILES string of the molecule is Cc1ccc2c3ccc(CC(C)(C)C)cc3n3c4cccc5nc[n+](C)c(c1c23)c54. The molecule has 0 bridgehead atoms. The summed E-state index contributed by atoms with van der Waals surface area (Å²) < 4.78 is 4.66. The molecule has 3 aromatic carbocycles. The topological polar surface area (TPSA) is 21.2 Å². The molecule has 3 nitrogen and oxygen atoms in total. The van der Waals surface area contributed by atoms with E-state index in [0.29, 0.717) is 0 Å². The Kier molecular flexibility index (Phi) is 3.35. The van der Waals surface area contributed by atoms with Crippen LogP contribution in [-0.2, 0) is 13.5 Å². The van der Waals surface area contributed by atoms with E-state index < -0.39 is 0 Å². The van der Waals surface area contributed by atoms with Gasteiger partial charge in [0.05, 0.1) is 29.0 Å². The van der Waals surface area contributed by atoms with E-state index in [9.17, 15) is 0 Å². The average molecular weight is 393 g/mol. The smallest absolute Gasteiger partial charge is 0.287 e. The normalized spacial score (nSPS) is 13.0. The quantitative estimate of drug-likeness (QED) is 0.188. The maximum Gasteiger partial charge on any atom is 0.287 e. The molecule has 0 saturated heterocycles. The van der Waals surface area contributed by atoms with Crippen molar-refractivity contribution in [2.24, 2.45) is 12.5 Å². The Morgan fingerprint density at radius 2 is 1.73 bits per heavy atom. The van der Waals surface area contributed by atoms with Crippen molar-refractivity contribution < 1.29 is 4.57 Å². The molecule has 6 aromatic rings. The highest BCUT2D eigenvalue weighted by molar-refractivity contribution is 6.25. The number of rotatable bonds is 1. The first kappa shape index (κ1) is 17.6. The van der Waals surface area contributed by atoms with Crippen LogP contribution in [0, 0.1) is 12.3 Å². The van der Waals surface area contributed by atoms with Crippen molar-refractivity contribution in [1.29, 1.82) is 0 Å². The van der Waals surface area contributed by atoms with Crippen molar-refractivity contribution in [3.8, 4) is 0 Å². The van der Waals surface area contributed by atoms with Gasteiger partial charge in [0.1, 0.15) is 5.52 Å². The molecule has 3 heteroatoms. The van der Waals surface area contributed by atoms with Gasteiger partial charge in [0.15, 0.2) is 5.52 Å². The molecule has 3 aromatic heterocycles. The molecule has 0 aliphatic heterocycles. The fourth-order valence-corrected chi connectivity index (χ4v) is 5.27. The van der Waals surface area contributed by atoms with Crippen LogP contribution >= 0.6 is 0 Å². The van der Waals surface area contributed by atoms with Crippen LogP contribution in [-0.4, -0.2) is 9.38 Å². The molecular formula is C27H26N3+. The first-order chi connectivity index (χ1) is 14.3. The maximum absolute atomic E-state index is 4.73. The molecule has 0 atom stereocenters. The van der Waals surface area contributed by atoms with Gasteiger partial charge in [-0.1, -0.05) is 51.1 Å². The number of benzene rings is 3. The molecule has 0 radical (unpaired) electrons. The zero-order chi connectivity index (χ0) is 20.8.